The number of carbonyl (C=O) groups is 1. The van der Waals surface area contributed by atoms with Crippen LogP contribution in [-0.4, -0.2) is 36.0 Å². The molecule has 3 aromatic rings. The Morgan fingerprint density at radius 3 is 2.72 bits per heavy atom. The van der Waals surface area contributed by atoms with Crippen LogP contribution in [-0.2, 0) is 0 Å². The van der Waals surface area contributed by atoms with Crippen LogP contribution in [0.5, 0.6) is 0 Å². The summed E-state index contributed by atoms with van der Waals surface area (Å²) in [7, 11) is 0. The number of aromatic carboxylic acids is 1. The van der Waals surface area contributed by atoms with Crippen LogP contribution in [0.3, 0.4) is 0 Å². The number of hydrogen-bond acceptors (Lipinski definition) is 5. The Morgan fingerprint density at radius 2 is 2.00 bits per heavy atom. The van der Waals surface area contributed by atoms with Crippen molar-refractivity contribution in [2.75, 3.05) is 0 Å². The van der Waals surface area contributed by atoms with Gasteiger partial charge in [0.05, 0.1) is 16.6 Å². The Balaban J connectivity index is 2.14. The number of H-pyrrole nitrogens is 1. The zero-order valence-electron chi connectivity index (χ0n) is 9.03. The Kier molecular flexibility index (Phi) is 2.23. The van der Waals surface area contributed by atoms with Gasteiger partial charge >= 0.3 is 5.97 Å². The molecule has 2 N–H and O–H groups in total. The molecule has 7 heteroatoms. The highest BCUT2D eigenvalue weighted by Gasteiger charge is 2.10. The molecule has 0 aromatic carbocycles. The van der Waals surface area contributed by atoms with E-state index in [-0.39, 0.29) is 5.56 Å². The fraction of sp³-hybridized carbons (Fsp3) is 0. The summed E-state index contributed by atoms with van der Waals surface area (Å²) in [5.74, 6) is -0.468. The maximum absolute atomic E-state index is 10.8. The van der Waals surface area contributed by atoms with Gasteiger partial charge < -0.3 is 10.1 Å². The van der Waals surface area contributed by atoms with Crippen LogP contribution in [0.1, 0.15) is 10.4 Å². The molecule has 0 atom stereocenters. The SMILES string of the molecule is O=C(O)c1cnc2nc(-c3cncnc3)[nH]c2c1. The number of nitrogens with one attached hydrogen (secondary N) is 1. The van der Waals surface area contributed by atoms with E-state index in [1.807, 2.05) is 0 Å². The van der Waals surface area contributed by atoms with Crippen molar-refractivity contribution in [3.63, 3.8) is 0 Å². The molecule has 0 aliphatic rings. The fourth-order valence-corrected chi connectivity index (χ4v) is 1.58. The Morgan fingerprint density at radius 1 is 1.22 bits per heavy atom. The Bertz CT molecular complexity index is 723. The van der Waals surface area contributed by atoms with Crippen LogP contribution >= 0.6 is 0 Å². The summed E-state index contributed by atoms with van der Waals surface area (Å²) < 4.78 is 0. The molecule has 0 aliphatic carbocycles. The molecule has 0 amide bonds. The predicted octanol–water partition coefficient (Wildman–Crippen LogP) is 1.11. The first kappa shape index (κ1) is 10.3. The van der Waals surface area contributed by atoms with Gasteiger partial charge in [0.1, 0.15) is 12.2 Å². The van der Waals surface area contributed by atoms with Gasteiger partial charge in [0.2, 0.25) is 0 Å². The minimum atomic E-state index is -1.02. The predicted molar refractivity (Wildman–Crippen MR) is 61.9 cm³/mol. The Hall–Kier alpha value is -2.83. The standard InChI is InChI=1S/C11H7N5O2/c17-11(18)6-1-8-10(14-4-6)16-9(15-8)7-2-12-5-13-3-7/h1-5H,(H,17,18)(H,14,15,16). The third-order valence-electron chi connectivity index (χ3n) is 2.42. The van der Waals surface area contributed by atoms with Crippen LogP contribution in [0, 0.1) is 0 Å². The molecule has 3 rings (SSSR count). The molecule has 0 saturated carbocycles. The molecular formula is C11H7N5O2. The van der Waals surface area contributed by atoms with Crippen LogP contribution < -0.4 is 0 Å². The lowest BCUT2D eigenvalue weighted by molar-refractivity contribution is 0.0696. The zero-order chi connectivity index (χ0) is 12.5. The number of fused-ring (bicyclic) bond motifs is 1. The van der Waals surface area contributed by atoms with E-state index in [4.69, 9.17) is 5.11 Å². The molecule has 7 nitrogen and oxygen atoms in total. The smallest absolute Gasteiger partial charge is 0.337 e. The van der Waals surface area contributed by atoms with Crippen LogP contribution in [0.4, 0.5) is 0 Å². The third kappa shape index (κ3) is 1.67. The molecule has 0 spiro atoms. The second-order valence-electron chi connectivity index (χ2n) is 3.61. The number of imidazole rings is 1. The van der Waals surface area contributed by atoms with E-state index in [9.17, 15) is 4.79 Å². The number of aromatic nitrogens is 5. The average molecular weight is 241 g/mol. The number of carboxylic acids is 1. The lowest BCUT2D eigenvalue weighted by Crippen LogP contribution is -1.96. The van der Waals surface area contributed by atoms with Crippen LogP contribution in [0.2, 0.25) is 0 Å². The van der Waals surface area contributed by atoms with Crippen molar-refractivity contribution < 1.29 is 9.90 Å². The minimum Gasteiger partial charge on any atom is -0.478 e. The monoisotopic (exact) mass is 241 g/mol. The summed E-state index contributed by atoms with van der Waals surface area (Å²) in [5.41, 5.74) is 1.85. The van der Waals surface area contributed by atoms with Gasteiger partial charge in [-0.25, -0.2) is 24.7 Å². The lowest BCUT2D eigenvalue weighted by atomic mass is 10.3. The molecule has 3 heterocycles. The van der Waals surface area contributed by atoms with Gasteiger partial charge in [-0.15, -0.1) is 0 Å². The number of aromatic amines is 1. The van der Waals surface area contributed by atoms with Gasteiger partial charge in [0.15, 0.2) is 5.65 Å². The van der Waals surface area contributed by atoms with Crippen molar-refractivity contribution in [3.05, 3.63) is 36.5 Å². The maximum atomic E-state index is 10.8. The largest absolute Gasteiger partial charge is 0.478 e. The van der Waals surface area contributed by atoms with E-state index in [0.717, 1.165) is 0 Å². The van der Waals surface area contributed by atoms with Gasteiger partial charge in [-0.3, -0.25) is 0 Å². The van der Waals surface area contributed by atoms with Crippen molar-refractivity contribution in [3.8, 4) is 11.4 Å². The summed E-state index contributed by atoms with van der Waals surface area (Å²) in [5, 5.41) is 8.87. The van der Waals surface area contributed by atoms with Crippen LogP contribution in [0.25, 0.3) is 22.6 Å². The lowest BCUT2D eigenvalue weighted by Gasteiger charge is -1.92. The van der Waals surface area contributed by atoms with Gasteiger partial charge in [0.25, 0.3) is 0 Å². The number of pyridine rings is 1. The molecule has 0 unspecified atom stereocenters. The molecule has 0 saturated heterocycles. The highest BCUT2D eigenvalue weighted by atomic mass is 16.4. The first-order chi connectivity index (χ1) is 8.74. The third-order valence-corrected chi connectivity index (χ3v) is 2.42. The minimum absolute atomic E-state index is 0.113. The normalized spacial score (nSPS) is 10.7. The summed E-state index contributed by atoms with van der Waals surface area (Å²) in [6.45, 7) is 0. The maximum Gasteiger partial charge on any atom is 0.337 e. The molecule has 0 fully saturated rings. The molecule has 0 bridgehead atoms. The van der Waals surface area contributed by atoms with Gasteiger partial charge in [0, 0.05) is 18.6 Å². The topological polar surface area (TPSA) is 105 Å². The summed E-state index contributed by atoms with van der Waals surface area (Å²) in [6, 6.07) is 1.49. The highest BCUT2D eigenvalue weighted by molar-refractivity contribution is 5.91. The highest BCUT2D eigenvalue weighted by Crippen LogP contribution is 2.18. The van der Waals surface area contributed by atoms with Crippen molar-refractivity contribution in [2.24, 2.45) is 0 Å². The molecular weight excluding hydrogens is 234 g/mol. The number of carboxylic acid groups (broad SMARTS) is 1. The van der Waals surface area contributed by atoms with Gasteiger partial charge in [-0.1, -0.05) is 0 Å². The van der Waals surface area contributed by atoms with E-state index >= 15 is 0 Å². The second kappa shape index (κ2) is 3.88. The summed E-state index contributed by atoms with van der Waals surface area (Å²) >= 11 is 0. The van der Waals surface area contributed by atoms with Crippen LogP contribution in [0.15, 0.2) is 31.0 Å². The summed E-state index contributed by atoms with van der Waals surface area (Å²) in [4.78, 5) is 29.8. The van der Waals surface area contributed by atoms with E-state index in [0.29, 0.717) is 22.6 Å². The van der Waals surface area contributed by atoms with Crippen molar-refractivity contribution in [1.29, 1.82) is 0 Å². The first-order valence-electron chi connectivity index (χ1n) is 5.08. The molecule has 18 heavy (non-hydrogen) atoms. The second-order valence-corrected chi connectivity index (χ2v) is 3.61. The fourth-order valence-electron chi connectivity index (χ4n) is 1.58. The summed E-state index contributed by atoms with van der Waals surface area (Å²) in [6.07, 6.45) is 5.93. The molecule has 0 radical (unpaired) electrons. The first-order valence-corrected chi connectivity index (χ1v) is 5.08. The quantitative estimate of drug-likeness (QED) is 0.696. The average Bonchev–Trinajstić information content (AvgIpc) is 2.82. The molecule has 88 valence electrons. The molecule has 0 aliphatic heterocycles. The van der Waals surface area contributed by atoms with E-state index in [1.165, 1.54) is 18.6 Å². The van der Waals surface area contributed by atoms with Crippen molar-refractivity contribution >= 4 is 17.1 Å². The molecule has 3 aromatic heterocycles. The van der Waals surface area contributed by atoms with Crippen molar-refractivity contribution in [1.82, 2.24) is 24.9 Å². The van der Waals surface area contributed by atoms with Gasteiger partial charge in [-0.2, -0.15) is 0 Å². The number of hydrogen-bond donors (Lipinski definition) is 2. The van der Waals surface area contributed by atoms with Crippen molar-refractivity contribution in [2.45, 2.75) is 0 Å². The van der Waals surface area contributed by atoms with E-state index < -0.39 is 5.97 Å². The van der Waals surface area contributed by atoms with E-state index in [1.54, 1.807) is 12.4 Å². The number of rotatable bonds is 2. The van der Waals surface area contributed by atoms with Gasteiger partial charge in [-0.05, 0) is 6.07 Å². The number of nitrogens with zero attached hydrogens (tertiary/aromatic N) is 4. The Labute approximate surface area is 101 Å². The van der Waals surface area contributed by atoms with E-state index in [2.05, 4.69) is 24.9 Å². The zero-order valence-corrected chi connectivity index (χ0v) is 9.03.